The molecule has 0 radical (unpaired) electrons. The topological polar surface area (TPSA) is 63.1 Å². The second-order valence-corrected chi connectivity index (χ2v) is 7.03. The number of nitrogens with one attached hydrogen (secondary N) is 1. The summed E-state index contributed by atoms with van der Waals surface area (Å²) in [4.78, 5) is 18.8. The SMILES string of the molecule is Cn1nc2c(cc1=O)CN(Cc1csc(Nc3ccccc3)n1)CC2. The van der Waals surface area contributed by atoms with Gasteiger partial charge in [0.05, 0.1) is 11.4 Å². The summed E-state index contributed by atoms with van der Waals surface area (Å²) in [6, 6.07) is 11.7. The molecule has 1 aliphatic rings. The van der Waals surface area contributed by atoms with E-state index in [0.717, 1.165) is 53.8 Å². The fourth-order valence-corrected chi connectivity index (χ4v) is 3.72. The summed E-state index contributed by atoms with van der Waals surface area (Å²) in [5.41, 5.74) is 4.10. The number of benzene rings is 1. The van der Waals surface area contributed by atoms with Gasteiger partial charge in [-0.3, -0.25) is 9.69 Å². The van der Waals surface area contributed by atoms with Gasteiger partial charge in [-0.2, -0.15) is 5.10 Å². The number of fused-ring (bicyclic) bond motifs is 1. The Morgan fingerprint density at radius 1 is 1.28 bits per heavy atom. The van der Waals surface area contributed by atoms with Gasteiger partial charge in [0, 0.05) is 50.2 Å². The molecule has 2 aromatic heterocycles. The minimum Gasteiger partial charge on any atom is -0.332 e. The third kappa shape index (κ3) is 3.62. The maximum atomic E-state index is 11.8. The Morgan fingerprint density at radius 2 is 2.12 bits per heavy atom. The smallest absolute Gasteiger partial charge is 0.266 e. The third-order valence-electron chi connectivity index (χ3n) is 4.28. The summed E-state index contributed by atoms with van der Waals surface area (Å²) in [6.45, 7) is 2.45. The van der Waals surface area contributed by atoms with Crippen molar-refractivity contribution in [3.8, 4) is 0 Å². The lowest BCUT2D eigenvalue weighted by atomic mass is 10.1. The first-order valence-corrected chi connectivity index (χ1v) is 9.10. The average molecular weight is 353 g/mol. The summed E-state index contributed by atoms with van der Waals surface area (Å²) in [7, 11) is 1.70. The number of hydrogen-bond donors (Lipinski definition) is 1. The van der Waals surface area contributed by atoms with Crippen molar-refractivity contribution in [2.45, 2.75) is 19.5 Å². The van der Waals surface area contributed by atoms with Crippen LogP contribution in [0.15, 0.2) is 46.6 Å². The van der Waals surface area contributed by atoms with Crippen molar-refractivity contribution in [2.24, 2.45) is 7.05 Å². The molecule has 0 spiro atoms. The van der Waals surface area contributed by atoms with Crippen LogP contribution in [0.1, 0.15) is 17.0 Å². The predicted molar refractivity (Wildman–Crippen MR) is 99.1 cm³/mol. The van der Waals surface area contributed by atoms with Crippen LogP contribution in [0, 0.1) is 0 Å². The van der Waals surface area contributed by atoms with E-state index < -0.39 is 0 Å². The molecule has 1 aliphatic heterocycles. The van der Waals surface area contributed by atoms with Gasteiger partial charge in [0.25, 0.3) is 5.56 Å². The van der Waals surface area contributed by atoms with Crippen LogP contribution in [-0.4, -0.2) is 26.2 Å². The molecule has 0 aliphatic carbocycles. The number of rotatable bonds is 4. The number of anilines is 2. The Hall–Kier alpha value is -2.51. The Bertz CT molecular complexity index is 934. The van der Waals surface area contributed by atoms with Gasteiger partial charge in [-0.1, -0.05) is 18.2 Å². The quantitative estimate of drug-likeness (QED) is 0.781. The molecule has 0 saturated carbocycles. The predicted octanol–water partition coefficient (Wildman–Crippen LogP) is 2.54. The Kier molecular flexibility index (Phi) is 4.33. The van der Waals surface area contributed by atoms with Gasteiger partial charge in [0.15, 0.2) is 5.13 Å². The van der Waals surface area contributed by atoms with Crippen molar-refractivity contribution in [2.75, 3.05) is 11.9 Å². The van der Waals surface area contributed by atoms with E-state index in [-0.39, 0.29) is 5.56 Å². The maximum absolute atomic E-state index is 11.8. The van der Waals surface area contributed by atoms with E-state index >= 15 is 0 Å². The minimum absolute atomic E-state index is 0.0522. The molecule has 1 aromatic carbocycles. The van der Waals surface area contributed by atoms with Gasteiger partial charge in [-0.05, 0) is 17.7 Å². The monoisotopic (exact) mass is 353 g/mol. The Balaban J connectivity index is 1.43. The lowest BCUT2D eigenvalue weighted by molar-refractivity contribution is 0.239. The van der Waals surface area contributed by atoms with Crippen LogP contribution in [0.5, 0.6) is 0 Å². The summed E-state index contributed by atoms with van der Waals surface area (Å²) < 4.78 is 1.41. The number of aromatic nitrogens is 3. The van der Waals surface area contributed by atoms with Crippen LogP contribution in [0.2, 0.25) is 0 Å². The Labute approximate surface area is 149 Å². The highest BCUT2D eigenvalue weighted by molar-refractivity contribution is 7.13. The molecule has 3 heterocycles. The molecule has 0 saturated heterocycles. The lowest BCUT2D eigenvalue weighted by Crippen LogP contribution is -2.34. The molecular formula is C18H19N5OS. The van der Waals surface area contributed by atoms with Crippen molar-refractivity contribution >= 4 is 22.2 Å². The highest BCUT2D eigenvalue weighted by atomic mass is 32.1. The van der Waals surface area contributed by atoms with E-state index in [1.807, 2.05) is 30.3 Å². The number of nitrogens with zero attached hydrogens (tertiary/aromatic N) is 4. The van der Waals surface area contributed by atoms with Crippen molar-refractivity contribution < 1.29 is 0 Å². The van der Waals surface area contributed by atoms with Gasteiger partial charge in [0.2, 0.25) is 0 Å². The van der Waals surface area contributed by atoms with E-state index in [1.54, 1.807) is 24.5 Å². The third-order valence-corrected chi connectivity index (χ3v) is 5.09. The zero-order valence-electron chi connectivity index (χ0n) is 14.0. The molecule has 25 heavy (non-hydrogen) atoms. The average Bonchev–Trinajstić information content (AvgIpc) is 3.04. The van der Waals surface area contributed by atoms with Crippen molar-refractivity contribution in [3.63, 3.8) is 0 Å². The molecule has 0 unspecified atom stereocenters. The molecule has 4 rings (SSSR count). The van der Waals surface area contributed by atoms with Crippen LogP contribution in [0.4, 0.5) is 10.8 Å². The highest BCUT2D eigenvalue weighted by Gasteiger charge is 2.19. The van der Waals surface area contributed by atoms with Crippen LogP contribution >= 0.6 is 11.3 Å². The van der Waals surface area contributed by atoms with Gasteiger partial charge >= 0.3 is 0 Å². The molecule has 7 heteroatoms. The number of aryl methyl sites for hydroxylation is 1. The summed E-state index contributed by atoms with van der Waals surface area (Å²) in [5.74, 6) is 0. The van der Waals surface area contributed by atoms with Crippen LogP contribution in [-0.2, 0) is 26.6 Å². The van der Waals surface area contributed by atoms with Crippen molar-refractivity contribution in [1.82, 2.24) is 19.7 Å². The maximum Gasteiger partial charge on any atom is 0.266 e. The molecule has 1 N–H and O–H groups in total. The molecule has 6 nitrogen and oxygen atoms in total. The molecular weight excluding hydrogens is 334 g/mol. The first-order valence-electron chi connectivity index (χ1n) is 8.22. The van der Waals surface area contributed by atoms with E-state index in [1.165, 1.54) is 4.68 Å². The summed E-state index contributed by atoms with van der Waals surface area (Å²) >= 11 is 1.61. The molecule has 3 aromatic rings. The first kappa shape index (κ1) is 16.0. The van der Waals surface area contributed by atoms with Gasteiger partial charge < -0.3 is 5.32 Å². The zero-order chi connectivity index (χ0) is 17.2. The number of thiazole rings is 1. The van der Waals surface area contributed by atoms with Gasteiger partial charge in [-0.15, -0.1) is 11.3 Å². The van der Waals surface area contributed by atoms with Crippen molar-refractivity contribution in [3.05, 3.63) is 69.1 Å². The molecule has 0 amide bonds. The normalized spacial score (nSPS) is 14.3. The molecule has 0 atom stereocenters. The number of hydrogen-bond acceptors (Lipinski definition) is 6. The molecule has 128 valence electrons. The van der Waals surface area contributed by atoms with E-state index in [9.17, 15) is 4.79 Å². The van der Waals surface area contributed by atoms with E-state index in [4.69, 9.17) is 0 Å². The van der Waals surface area contributed by atoms with Crippen LogP contribution < -0.4 is 10.9 Å². The Morgan fingerprint density at radius 3 is 2.96 bits per heavy atom. The lowest BCUT2D eigenvalue weighted by Gasteiger charge is -2.27. The fourth-order valence-electron chi connectivity index (χ4n) is 3.00. The standard InChI is InChI=1S/C18H19N5OS/c1-22-17(24)9-13-10-23(8-7-16(13)21-22)11-15-12-25-18(20-15)19-14-5-3-2-4-6-14/h2-6,9,12H,7-8,10-11H2,1H3,(H,19,20). The largest absolute Gasteiger partial charge is 0.332 e. The van der Waals surface area contributed by atoms with Crippen molar-refractivity contribution in [1.29, 1.82) is 0 Å². The zero-order valence-corrected chi connectivity index (χ0v) is 14.8. The molecule has 0 bridgehead atoms. The van der Waals surface area contributed by atoms with E-state index in [2.05, 4.69) is 25.7 Å². The van der Waals surface area contributed by atoms with E-state index in [0.29, 0.717) is 0 Å². The minimum atomic E-state index is -0.0522. The first-order chi connectivity index (χ1) is 12.2. The van der Waals surface area contributed by atoms with Crippen LogP contribution in [0.3, 0.4) is 0 Å². The number of para-hydroxylation sites is 1. The summed E-state index contributed by atoms with van der Waals surface area (Å²) in [5, 5.41) is 10.7. The van der Waals surface area contributed by atoms with Gasteiger partial charge in [-0.25, -0.2) is 9.67 Å². The fraction of sp³-hybridized carbons (Fsp3) is 0.278. The summed E-state index contributed by atoms with van der Waals surface area (Å²) in [6.07, 6.45) is 0.864. The van der Waals surface area contributed by atoms with Gasteiger partial charge in [0.1, 0.15) is 0 Å². The highest BCUT2D eigenvalue weighted by Crippen LogP contribution is 2.23. The van der Waals surface area contributed by atoms with Crippen LogP contribution in [0.25, 0.3) is 0 Å². The second-order valence-electron chi connectivity index (χ2n) is 6.17. The second kappa shape index (κ2) is 6.78. The molecule has 0 fully saturated rings.